The molecular formula is C15H13Cl2NZr. The molecular weight excluding hydrogens is 356 g/mol. The van der Waals surface area contributed by atoms with Crippen molar-refractivity contribution in [2.45, 2.75) is 6.92 Å². The number of benzene rings is 1. The van der Waals surface area contributed by atoms with Gasteiger partial charge >= 0.3 is 26.2 Å². The molecule has 1 aliphatic rings. The van der Waals surface area contributed by atoms with Crippen LogP contribution in [0.3, 0.4) is 0 Å². The molecule has 1 nitrogen and oxygen atoms in total. The zero-order chi connectivity index (χ0) is 11.4. The molecule has 0 saturated heterocycles. The molecule has 0 unspecified atom stereocenters. The third kappa shape index (κ3) is 6.43. The molecule has 0 spiro atoms. The predicted octanol–water partition coefficient (Wildman–Crippen LogP) is -4.18. The van der Waals surface area contributed by atoms with Gasteiger partial charge in [0.05, 0.1) is 0 Å². The minimum atomic E-state index is 0. The van der Waals surface area contributed by atoms with Crippen LogP contribution < -0.4 is 35.3 Å². The van der Waals surface area contributed by atoms with Gasteiger partial charge in [0.2, 0.25) is 0 Å². The maximum atomic E-state index is 3.80. The van der Waals surface area contributed by atoms with E-state index < -0.39 is 0 Å². The normalized spacial score (nSPS) is 10.1. The molecule has 1 aromatic heterocycles. The van der Waals surface area contributed by atoms with E-state index in [-0.39, 0.29) is 51.0 Å². The number of aromatic nitrogens is 1. The first-order valence-electron chi connectivity index (χ1n) is 5.17. The van der Waals surface area contributed by atoms with Crippen LogP contribution in [0.4, 0.5) is 0 Å². The summed E-state index contributed by atoms with van der Waals surface area (Å²) in [4.78, 5) is 2.80. The summed E-state index contributed by atoms with van der Waals surface area (Å²) in [7, 11) is 0. The van der Waals surface area contributed by atoms with Gasteiger partial charge in [-0.25, -0.2) is 0 Å². The quantitative estimate of drug-likeness (QED) is 0.454. The summed E-state index contributed by atoms with van der Waals surface area (Å²) in [6, 6.07) is 10.1. The predicted molar refractivity (Wildman–Crippen MR) is 67.1 cm³/mol. The Labute approximate surface area is 145 Å². The molecule has 19 heavy (non-hydrogen) atoms. The average Bonchev–Trinajstić information content (AvgIpc) is 2.86. The number of nitrogens with one attached hydrogen (secondary N) is 1. The van der Waals surface area contributed by atoms with Crippen molar-refractivity contribution < 1.29 is 51.0 Å². The van der Waals surface area contributed by atoms with Crippen LogP contribution in [0.2, 0.25) is 0 Å². The second-order valence-corrected chi connectivity index (χ2v) is 3.67. The van der Waals surface area contributed by atoms with Crippen LogP contribution in [-0.4, -0.2) is 4.98 Å². The van der Waals surface area contributed by atoms with Crippen LogP contribution in [-0.2, 0) is 26.2 Å². The van der Waals surface area contributed by atoms with Gasteiger partial charge in [-0.15, -0.1) is 40.4 Å². The van der Waals surface area contributed by atoms with Crippen LogP contribution in [0.15, 0.2) is 48.7 Å². The van der Waals surface area contributed by atoms with Gasteiger partial charge in [-0.1, -0.05) is 25.1 Å². The number of rotatable bonds is 0. The zero-order valence-electron chi connectivity index (χ0n) is 10.5. The van der Waals surface area contributed by atoms with Gasteiger partial charge in [-0.05, 0) is 0 Å². The summed E-state index contributed by atoms with van der Waals surface area (Å²) in [5.74, 6) is 0. The molecule has 0 bridgehead atoms. The fraction of sp³-hybridized carbons (Fsp3) is 0.0667. The van der Waals surface area contributed by atoms with E-state index in [0.717, 1.165) is 16.4 Å². The first-order valence-corrected chi connectivity index (χ1v) is 5.17. The minimum absolute atomic E-state index is 0. The number of aryl methyl sites for hydroxylation is 1. The molecule has 0 atom stereocenters. The van der Waals surface area contributed by atoms with E-state index in [1.807, 2.05) is 43.5 Å². The summed E-state index contributed by atoms with van der Waals surface area (Å²) in [5.41, 5.74) is 2.14. The molecule has 1 aliphatic carbocycles. The molecule has 0 radical (unpaired) electrons. The molecule has 1 N–H and O–H groups in total. The van der Waals surface area contributed by atoms with Gasteiger partial charge in [0.1, 0.15) is 0 Å². The SMILES string of the molecule is C=C1[C-]=c2ccccc2=C1.Cc1[c-][nH]cc1.[Cl-].[Cl-].[Zr+4]. The van der Waals surface area contributed by atoms with Crippen molar-refractivity contribution in [2.24, 2.45) is 0 Å². The summed E-state index contributed by atoms with van der Waals surface area (Å²) < 4.78 is 0. The molecule has 4 heteroatoms. The third-order valence-corrected chi connectivity index (χ3v) is 2.27. The van der Waals surface area contributed by atoms with E-state index in [0.29, 0.717) is 0 Å². The largest absolute Gasteiger partial charge is 4.00 e. The molecule has 96 valence electrons. The molecule has 0 saturated carbocycles. The molecule has 1 heterocycles. The number of hydrogen-bond acceptors (Lipinski definition) is 0. The second kappa shape index (κ2) is 10.3. The van der Waals surface area contributed by atoms with Gasteiger partial charge in [-0.2, -0.15) is 24.4 Å². The van der Waals surface area contributed by atoms with Crippen molar-refractivity contribution in [1.29, 1.82) is 0 Å². The summed E-state index contributed by atoms with van der Waals surface area (Å²) >= 11 is 0. The van der Waals surface area contributed by atoms with Gasteiger partial charge in [0, 0.05) is 0 Å². The Morgan fingerprint density at radius 3 is 2.26 bits per heavy atom. The molecule has 3 rings (SSSR count). The first kappa shape index (κ1) is 20.8. The van der Waals surface area contributed by atoms with E-state index in [4.69, 9.17) is 0 Å². The van der Waals surface area contributed by atoms with Crippen LogP contribution in [0.25, 0.3) is 12.2 Å². The smallest absolute Gasteiger partial charge is 1.00 e. The second-order valence-electron chi connectivity index (χ2n) is 3.67. The maximum absolute atomic E-state index is 3.80. The summed E-state index contributed by atoms with van der Waals surface area (Å²) in [5, 5.41) is 2.39. The number of aromatic amines is 1. The van der Waals surface area contributed by atoms with Gasteiger partial charge in [0.15, 0.2) is 0 Å². The van der Waals surface area contributed by atoms with Crippen LogP contribution in [0.5, 0.6) is 0 Å². The summed E-state index contributed by atoms with van der Waals surface area (Å²) in [6.45, 7) is 5.80. The van der Waals surface area contributed by atoms with Crippen molar-refractivity contribution in [3.8, 4) is 0 Å². The summed E-state index contributed by atoms with van der Waals surface area (Å²) in [6.07, 6.45) is 9.92. The van der Waals surface area contributed by atoms with Crippen LogP contribution >= 0.6 is 0 Å². The Hall–Kier alpha value is -0.557. The van der Waals surface area contributed by atoms with E-state index >= 15 is 0 Å². The van der Waals surface area contributed by atoms with E-state index in [1.54, 1.807) is 0 Å². The van der Waals surface area contributed by atoms with Gasteiger partial charge in [0.25, 0.3) is 0 Å². The number of hydrogen-bond donors (Lipinski definition) is 1. The molecule has 1 aromatic carbocycles. The van der Waals surface area contributed by atoms with Gasteiger partial charge < -0.3 is 29.8 Å². The van der Waals surface area contributed by atoms with Gasteiger partial charge in [-0.3, -0.25) is 0 Å². The molecule has 0 fully saturated rings. The standard InChI is InChI=1S/C10H7.C5H6N.2ClH.Zr/c1-8-6-9-4-2-3-5-10(9)7-8;1-5-2-3-6-4-5;;;/h2-6H,1H2;2-3,6H,1H3;2*1H;/q2*-1;;;+4/p-2. The Morgan fingerprint density at radius 2 is 1.79 bits per heavy atom. The number of allylic oxidation sites excluding steroid dienone is 1. The number of H-pyrrole nitrogens is 1. The van der Waals surface area contributed by atoms with Crippen molar-refractivity contribution in [3.63, 3.8) is 0 Å². The van der Waals surface area contributed by atoms with Crippen molar-refractivity contribution in [1.82, 2.24) is 4.98 Å². The third-order valence-electron chi connectivity index (χ3n) is 2.27. The van der Waals surface area contributed by atoms with Crippen molar-refractivity contribution in [2.75, 3.05) is 0 Å². The maximum Gasteiger partial charge on any atom is 4.00 e. The Morgan fingerprint density at radius 1 is 1.11 bits per heavy atom. The number of halogens is 2. The fourth-order valence-corrected chi connectivity index (χ4v) is 1.50. The topological polar surface area (TPSA) is 15.8 Å². The first-order chi connectivity index (χ1) is 7.75. The average molecular weight is 369 g/mol. The van der Waals surface area contributed by atoms with E-state index in [2.05, 4.69) is 29.9 Å². The van der Waals surface area contributed by atoms with Crippen LogP contribution in [0.1, 0.15) is 5.56 Å². The van der Waals surface area contributed by atoms with E-state index in [1.165, 1.54) is 5.22 Å². The Kier molecular flexibility index (Phi) is 11.2. The van der Waals surface area contributed by atoms with Crippen LogP contribution in [0, 0.1) is 13.1 Å². The molecule has 0 aliphatic heterocycles. The fourth-order valence-electron chi connectivity index (χ4n) is 1.50. The van der Waals surface area contributed by atoms with Crippen molar-refractivity contribution in [3.05, 3.63) is 70.9 Å². The minimum Gasteiger partial charge on any atom is -1.00 e. The monoisotopic (exact) mass is 367 g/mol. The Bertz CT molecular complexity index is 566. The molecule has 2 aromatic rings. The Balaban J connectivity index is 0. The van der Waals surface area contributed by atoms with Crippen molar-refractivity contribution >= 4 is 12.2 Å². The number of fused-ring (bicyclic) bond motifs is 1. The molecule has 0 amide bonds. The zero-order valence-corrected chi connectivity index (χ0v) is 14.5. The van der Waals surface area contributed by atoms with E-state index in [9.17, 15) is 0 Å².